The SMILES string of the molecule is Cc1cc(-c2cc(C(=O)N(Cc3ccco3)Cc3ccco3)no2)ccc1F. The summed E-state index contributed by atoms with van der Waals surface area (Å²) in [6, 6.07) is 13.2. The Morgan fingerprint density at radius 2 is 1.71 bits per heavy atom. The molecular formula is C21H17FN2O4. The summed E-state index contributed by atoms with van der Waals surface area (Å²) in [6.45, 7) is 2.17. The van der Waals surface area contributed by atoms with Crippen molar-refractivity contribution in [3.8, 4) is 11.3 Å². The standard InChI is InChI=1S/C21H17FN2O4/c1-14-10-15(6-7-18(14)22)20-11-19(23-28-20)21(25)24(12-16-4-2-8-26-16)13-17-5-3-9-27-17/h2-11H,12-13H2,1H3. The van der Waals surface area contributed by atoms with Crippen molar-refractivity contribution in [2.75, 3.05) is 0 Å². The van der Waals surface area contributed by atoms with E-state index in [0.717, 1.165) is 0 Å². The number of amides is 1. The molecule has 28 heavy (non-hydrogen) atoms. The summed E-state index contributed by atoms with van der Waals surface area (Å²) in [4.78, 5) is 14.6. The molecule has 0 N–H and O–H groups in total. The number of aromatic nitrogens is 1. The summed E-state index contributed by atoms with van der Waals surface area (Å²) in [5.74, 6) is 1.03. The topological polar surface area (TPSA) is 72.6 Å². The fourth-order valence-electron chi connectivity index (χ4n) is 2.85. The van der Waals surface area contributed by atoms with Gasteiger partial charge < -0.3 is 18.3 Å². The van der Waals surface area contributed by atoms with Crippen LogP contribution in [0.25, 0.3) is 11.3 Å². The summed E-state index contributed by atoms with van der Waals surface area (Å²) >= 11 is 0. The molecule has 7 heteroatoms. The van der Waals surface area contributed by atoms with Gasteiger partial charge in [0.2, 0.25) is 0 Å². The number of halogens is 1. The molecule has 0 bridgehead atoms. The summed E-state index contributed by atoms with van der Waals surface area (Å²) in [5, 5.41) is 3.90. The second kappa shape index (κ2) is 7.56. The summed E-state index contributed by atoms with van der Waals surface area (Å²) in [7, 11) is 0. The van der Waals surface area contributed by atoms with Crippen LogP contribution in [-0.4, -0.2) is 16.0 Å². The van der Waals surface area contributed by atoms with E-state index in [4.69, 9.17) is 13.4 Å². The molecule has 0 fully saturated rings. The van der Waals surface area contributed by atoms with Crippen LogP contribution in [0.4, 0.5) is 4.39 Å². The van der Waals surface area contributed by atoms with Crippen molar-refractivity contribution in [2.24, 2.45) is 0 Å². The maximum Gasteiger partial charge on any atom is 0.276 e. The van der Waals surface area contributed by atoms with Crippen LogP contribution in [-0.2, 0) is 13.1 Å². The Hall–Kier alpha value is -3.61. The number of carbonyl (C=O) groups excluding carboxylic acids is 1. The number of hydrogen-bond acceptors (Lipinski definition) is 5. The molecule has 0 aliphatic carbocycles. The summed E-state index contributed by atoms with van der Waals surface area (Å²) in [6.07, 6.45) is 3.10. The van der Waals surface area contributed by atoms with E-state index in [0.29, 0.717) is 28.4 Å². The molecule has 3 heterocycles. The molecule has 4 rings (SSSR count). The minimum atomic E-state index is -0.332. The number of aryl methyl sites for hydroxylation is 1. The van der Waals surface area contributed by atoms with Gasteiger partial charge in [0.15, 0.2) is 11.5 Å². The smallest absolute Gasteiger partial charge is 0.276 e. The normalized spacial score (nSPS) is 10.9. The fourth-order valence-corrected chi connectivity index (χ4v) is 2.85. The quantitative estimate of drug-likeness (QED) is 0.480. The van der Waals surface area contributed by atoms with E-state index >= 15 is 0 Å². The highest BCUT2D eigenvalue weighted by Crippen LogP contribution is 2.24. The van der Waals surface area contributed by atoms with Crippen LogP contribution < -0.4 is 0 Å². The third-order valence-corrected chi connectivity index (χ3v) is 4.31. The van der Waals surface area contributed by atoms with E-state index in [1.165, 1.54) is 6.07 Å². The Labute approximate surface area is 160 Å². The number of benzene rings is 1. The second-order valence-corrected chi connectivity index (χ2v) is 6.36. The zero-order valence-electron chi connectivity index (χ0n) is 15.1. The van der Waals surface area contributed by atoms with Crippen molar-refractivity contribution in [3.05, 3.63) is 89.7 Å². The third-order valence-electron chi connectivity index (χ3n) is 4.31. The van der Waals surface area contributed by atoms with Crippen LogP contribution >= 0.6 is 0 Å². The highest BCUT2D eigenvalue weighted by atomic mass is 19.1. The molecule has 0 unspecified atom stereocenters. The summed E-state index contributed by atoms with van der Waals surface area (Å²) in [5.41, 5.74) is 1.28. The van der Waals surface area contributed by atoms with Gasteiger partial charge in [0.05, 0.1) is 25.6 Å². The molecule has 1 amide bonds. The van der Waals surface area contributed by atoms with Crippen LogP contribution in [0.1, 0.15) is 27.6 Å². The van der Waals surface area contributed by atoms with Gasteiger partial charge >= 0.3 is 0 Å². The molecule has 0 atom stereocenters. The Morgan fingerprint density at radius 3 is 2.29 bits per heavy atom. The molecule has 0 aliphatic rings. The maximum atomic E-state index is 13.5. The van der Waals surface area contributed by atoms with Gasteiger partial charge in [0.1, 0.15) is 17.3 Å². The van der Waals surface area contributed by atoms with E-state index in [-0.39, 0.29) is 30.5 Å². The maximum absolute atomic E-state index is 13.5. The lowest BCUT2D eigenvalue weighted by molar-refractivity contribution is 0.0694. The zero-order valence-corrected chi connectivity index (χ0v) is 15.1. The monoisotopic (exact) mass is 380 g/mol. The van der Waals surface area contributed by atoms with Crippen molar-refractivity contribution in [2.45, 2.75) is 20.0 Å². The number of nitrogens with zero attached hydrogens (tertiary/aromatic N) is 2. The van der Waals surface area contributed by atoms with Crippen LogP contribution in [0.5, 0.6) is 0 Å². The highest BCUT2D eigenvalue weighted by molar-refractivity contribution is 5.93. The van der Waals surface area contributed by atoms with Gasteiger partial charge in [-0.05, 0) is 55.0 Å². The molecular weight excluding hydrogens is 363 g/mol. The van der Waals surface area contributed by atoms with E-state index in [9.17, 15) is 9.18 Å². The first-order valence-electron chi connectivity index (χ1n) is 8.67. The Balaban J connectivity index is 1.59. The van der Waals surface area contributed by atoms with Crippen molar-refractivity contribution in [1.82, 2.24) is 10.1 Å². The molecule has 0 aliphatic heterocycles. The van der Waals surface area contributed by atoms with Gasteiger partial charge in [-0.3, -0.25) is 4.79 Å². The van der Waals surface area contributed by atoms with Gasteiger partial charge in [0, 0.05) is 11.6 Å². The van der Waals surface area contributed by atoms with Gasteiger partial charge in [0.25, 0.3) is 5.91 Å². The number of furan rings is 2. The van der Waals surface area contributed by atoms with Crippen LogP contribution in [0, 0.1) is 12.7 Å². The minimum Gasteiger partial charge on any atom is -0.467 e. The van der Waals surface area contributed by atoms with Crippen molar-refractivity contribution < 1.29 is 22.5 Å². The number of carbonyl (C=O) groups is 1. The van der Waals surface area contributed by atoms with Gasteiger partial charge in [-0.1, -0.05) is 5.16 Å². The van der Waals surface area contributed by atoms with E-state index in [2.05, 4.69) is 5.16 Å². The lowest BCUT2D eigenvalue weighted by Crippen LogP contribution is -2.30. The van der Waals surface area contributed by atoms with Crippen LogP contribution in [0.15, 0.2) is 74.4 Å². The molecule has 142 valence electrons. The molecule has 3 aromatic heterocycles. The van der Waals surface area contributed by atoms with Crippen LogP contribution in [0.2, 0.25) is 0 Å². The highest BCUT2D eigenvalue weighted by Gasteiger charge is 2.23. The average Bonchev–Trinajstić information content (AvgIpc) is 3.45. The first-order chi connectivity index (χ1) is 13.6. The van der Waals surface area contributed by atoms with Crippen molar-refractivity contribution in [3.63, 3.8) is 0 Å². The molecule has 0 radical (unpaired) electrons. The third kappa shape index (κ3) is 3.73. The van der Waals surface area contributed by atoms with Crippen molar-refractivity contribution >= 4 is 5.91 Å². The van der Waals surface area contributed by atoms with E-state index < -0.39 is 0 Å². The average molecular weight is 380 g/mol. The largest absolute Gasteiger partial charge is 0.467 e. The van der Waals surface area contributed by atoms with E-state index in [1.54, 1.807) is 66.8 Å². The molecule has 0 spiro atoms. The number of hydrogen-bond donors (Lipinski definition) is 0. The predicted octanol–water partition coefficient (Wildman–Crippen LogP) is 4.82. The first kappa shape index (κ1) is 17.8. The Morgan fingerprint density at radius 1 is 1.04 bits per heavy atom. The first-order valence-corrected chi connectivity index (χ1v) is 8.67. The van der Waals surface area contributed by atoms with Gasteiger partial charge in [-0.15, -0.1) is 0 Å². The fraction of sp³-hybridized carbons (Fsp3) is 0.143. The molecule has 1 aromatic carbocycles. The molecule has 0 saturated heterocycles. The Bertz CT molecular complexity index is 1030. The Kier molecular flexibility index (Phi) is 4.80. The second-order valence-electron chi connectivity index (χ2n) is 6.36. The number of rotatable bonds is 6. The van der Waals surface area contributed by atoms with Crippen LogP contribution in [0.3, 0.4) is 0 Å². The lowest BCUT2D eigenvalue weighted by atomic mass is 10.1. The van der Waals surface area contributed by atoms with E-state index in [1.807, 2.05) is 0 Å². The van der Waals surface area contributed by atoms with Gasteiger partial charge in [-0.2, -0.15) is 0 Å². The summed E-state index contributed by atoms with van der Waals surface area (Å²) < 4.78 is 29.5. The predicted molar refractivity (Wildman–Crippen MR) is 97.6 cm³/mol. The van der Waals surface area contributed by atoms with Crippen molar-refractivity contribution in [1.29, 1.82) is 0 Å². The molecule has 0 saturated carbocycles. The zero-order chi connectivity index (χ0) is 19.5. The lowest BCUT2D eigenvalue weighted by Gasteiger charge is -2.19. The van der Waals surface area contributed by atoms with Gasteiger partial charge in [-0.25, -0.2) is 4.39 Å². The molecule has 4 aromatic rings. The minimum absolute atomic E-state index is 0.148. The molecule has 6 nitrogen and oxygen atoms in total.